The summed E-state index contributed by atoms with van der Waals surface area (Å²) in [6, 6.07) is 19.4. The highest BCUT2D eigenvalue weighted by molar-refractivity contribution is 5.81. The minimum atomic E-state index is -0.0644. The van der Waals surface area contributed by atoms with Crippen LogP contribution in [0.15, 0.2) is 71.8 Å². The van der Waals surface area contributed by atoms with Crippen molar-refractivity contribution in [1.82, 2.24) is 24.8 Å². The monoisotopic (exact) mass is 303 g/mol. The van der Waals surface area contributed by atoms with E-state index in [9.17, 15) is 4.79 Å². The van der Waals surface area contributed by atoms with Gasteiger partial charge in [-0.15, -0.1) is 5.10 Å². The number of rotatable bonds is 3. The van der Waals surface area contributed by atoms with Crippen molar-refractivity contribution in [2.24, 2.45) is 0 Å². The summed E-state index contributed by atoms with van der Waals surface area (Å²) in [5.41, 5.74) is 2.29. The molecular formula is C17H13N5O. The molecule has 4 aromatic rings. The summed E-state index contributed by atoms with van der Waals surface area (Å²) in [6.45, 7) is 0.337. The Morgan fingerprint density at radius 1 is 0.957 bits per heavy atom. The molecule has 0 spiro atoms. The average Bonchev–Trinajstić information content (AvgIpc) is 3.09. The maximum Gasteiger partial charge on any atom is 0.260 e. The van der Waals surface area contributed by atoms with Crippen LogP contribution in [0.4, 0.5) is 0 Å². The molecule has 4 rings (SSSR count). The minimum Gasteiger partial charge on any atom is -0.277 e. The van der Waals surface area contributed by atoms with Crippen LogP contribution in [0.5, 0.6) is 0 Å². The first kappa shape index (κ1) is 13.4. The zero-order valence-corrected chi connectivity index (χ0v) is 12.2. The summed E-state index contributed by atoms with van der Waals surface area (Å²) in [6.07, 6.45) is 1.50. The summed E-state index contributed by atoms with van der Waals surface area (Å²) < 4.78 is 3.27. The Morgan fingerprint density at radius 3 is 2.52 bits per heavy atom. The summed E-state index contributed by atoms with van der Waals surface area (Å²) in [5.74, 6) is 0. The van der Waals surface area contributed by atoms with Crippen molar-refractivity contribution in [2.45, 2.75) is 6.54 Å². The lowest BCUT2D eigenvalue weighted by Crippen LogP contribution is -2.24. The van der Waals surface area contributed by atoms with Gasteiger partial charge in [0, 0.05) is 11.3 Å². The van der Waals surface area contributed by atoms with E-state index in [4.69, 9.17) is 0 Å². The first-order chi connectivity index (χ1) is 11.3. The van der Waals surface area contributed by atoms with Gasteiger partial charge in [-0.2, -0.15) is 0 Å². The second-order valence-electron chi connectivity index (χ2n) is 5.21. The number of tetrazole rings is 1. The van der Waals surface area contributed by atoms with Gasteiger partial charge in [0.15, 0.2) is 0 Å². The van der Waals surface area contributed by atoms with Crippen LogP contribution in [0.25, 0.3) is 16.6 Å². The summed E-state index contributed by atoms with van der Waals surface area (Å²) in [7, 11) is 0. The van der Waals surface area contributed by atoms with E-state index in [0.29, 0.717) is 12.1 Å². The van der Waals surface area contributed by atoms with E-state index < -0.39 is 0 Å². The Labute approximate surface area is 131 Å². The number of nitrogens with zero attached hydrogens (tertiary/aromatic N) is 5. The second kappa shape index (κ2) is 5.49. The minimum absolute atomic E-state index is 0.0644. The van der Waals surface area contributed by atoms with Crippen LogP contribution in [0, 0.1) is 0 Å². The van der Waals surface area contributed by atoms with Crippen LogP contribution in [-0.4, -0.2) is 24.8 Å². The van der Waals surface area contributed by atoms with E-state index in [1.165, 1.54) is 6.33 Å². The molecular weight excluding hydrogens is 290 g/mol. The number of para-hydroxylation sites is 2. The molecule has 0 fully saturated rings. The topological polar surface area (TPSA) is 65.6 Å². The highest BCUT2D eigenvalue weighted by Crippen LogP contribution is 2.17. The molecule has 0 aliphatic heterocycles. The van der Waals surface area contributed by atoms with E-state index in [2.05, 4.69) is 15.5 Å². The van der Waals surface area contributed by atoms with Crippen LogP contribution < -0.4 is 5.56 Å². The fourth-order valence-electron chi connectivity index (χ4n) is 2.69. The Bertz CT molecular complexity index is 1010. The maximum atomic E-state index is 13.0. The molecule has 0 bridgehead atoms. The lowest BCUT2D eigenvalue weighted by molar-refractivity contribution is 0.642. The first-order valence-corrected chi connectivity index (χ1v) is 7.23. The molecule has 0 saturated carbocycles. The van der Waals surface area contributed by atoms with Gasteiger partial charge in [0.05, 0.1) is 12.1 Å². The Hall–Kier alpha value is -3.28. The fraction of sp³-hybridized carbons (Fsp3) is 0.0588. The van der Waals surface area contributed by atoms with Gasteiger partial charge in [-0.25, -0.2) is 4.68 Å². The Kier molecular flexibility index (Phi) is 3.20. The fourth-order valence-corrected chi connectivity index (χ4v) is 2.69. The summed E-state index contributed by atoms with van der Waals surface area (Å²) in [4.78, 5) is 13.0. The normalized spacial score (nSPS) is 11.0. The Balaban J connectivity index is 1.99. The van der Waals surface area contributed by atoms with Crippen molar-refractivity contribution < 1.29 is 0 Å². The molecule has 0 aliphatic carbocycles. The van der Waals surface area contributed by atoms with Crippen molar-refractivity contribution in [3.63, 3.8) is 0 Å². The lowest BCUT2D eigenvalue weighted by atomic mass is 10.1. The van der Waals surface area contributed by atoms with Gasteiger partial charge >= 0.3 is 0 Å². The summed E-state index contributed by atoms with van der Waals surface area (Å²) >= 11 is 0. The highest BCUT2D eigenvalue weighted by atomic mass is 16.1. The third kappa shape index (κ3) is 2.40. The van der Waals surface area contributed by atoms with Crippen molar-refractivity contribution in [2.75, 3.05) is 0 Å². The third-order valence-corrected chi connectivity index (χ3v) is 3.72. The lowest BCUT2D eigenvalue weighted by Gasteiger charge is -2.13. The molecule has 0 unspecified atom stereocenters. The second-order valence-corrected chi connectivity index (χ2v) is 5.21. The predicted octanol–water partition coefficient (Wildman–Crippen LogP) is 2.03. The molecule has 2 aromatic heterocycles. The molecule has 112 valence electrons. The van der Waals surface area contributed by atoms with Crippen LogP contribution in [-0.2, 0) is 6.54 Å². The maximum absolute atomic E-state index is 13.0. The summed E-state index contributed by atoms with van der Waals surface area (Å²) in [5, 5.41) is 12.1. The SMILES string of the molecule is O=c1c(Cn2cnnn2)cc2ccccc2n1-c1ccccc1. The molecule has 2 aromatic carbocycles. The highest BCUT2D eigenvalue weighted by Gasteiger charge is 2.11. The molecule has 0 N–H and O–H groups in total. The van der Waals surface area contributed by atoms with Gasteiger partial charge in [-0.3, -0.25) is 9.36 Å². The van der Waals surface area contributed by atoms with E-state index in [-0.39, 0.29) is 5.56 Å². The smallest absolute Gasteiger partial charge is 0.260 e. The van der Waals surface area contributed by atoms with Gasteiger partial charge in [0.1, 0.15) is 6.33 Å². The molecule has 0 amide bonds. The molecule has 2 heterocycles. The van der Waals surface area contributed by atoms with Gasteiger partial charge < -0.3 is 0 Å². The number of aromatic nitrogens is 5. The van der Waals surface area contributed by atoms with Gasteiger partial charge in [0.2, 0.25) is 0 Å². The van der Waals surface area contributed by atoms with E-state index in [0.717, 1.165) is 16.6 Å². The van der Waals surface area contributed by atoms with Crippen LogP contribution in [0.3, 0.4) is 0 Å². The number of hydrogen-bond acceptors (Lipinski definition) is 4. The van der Waals surface area contributed by atoms with Crippen molar-refractivity contribution in [3.8, 4) is 5.69 Å². The number of pyridine rings is 1. The van der Waals surface area contributed by atoms with Gasteiger partial charge in [0.25, 0.3) is 5.56 Å². The van der Waals surface area contributed by atoms with Crippen LogP contribution >= 0.6 is 0 Å². The molecule has 6 nitrogen and oxygen atoms in total. The van der Waals surface area contributed by atoms with Crippen molar-refractivity contribution in [1.29, 1.82) is 0 Å². The number of benzene rings is 2. The van der Waals surface area contributed by atoms with Crippen LogP contribution in [0.1, 0.15) is 5.56 Å². The van der Waals surface area contributed by atoms with Crippen LogP contribution in [0.2, 0.25) is 0 Å². The van der Waals surface area contributed by atoms with Gasteiger partial charge in [-0.1, -0.05) is 36.4 Å². The van der Waals surface area contributed by atoms with Crippen molar-refractivity contribution in [3.05, 3.63) is 82.9 Å². The molecule has 0 radical (unpaired) electrons. The molecule has 6 heteroatoms. The Morgan fingerprint density at radius 2 is 1.74 bits per heavy atom. The first-order valence-electron chi connectivity index (χ1n) is 7.23. The third-order valence-electron chi connectivity index (χ3n) is 3.72. The van der Waals surface area contributed by atoms with E-state index in [1.54, 1.807) is 9.25 Å². The molecule has 0 aliphatic rings. The zero-order valence-electron chi connectivity index (χ0n) is 12.2. The quantitative estimate of drug-likeness (QED) is 0.581. The zero-order chi connectivity index (χ0) is 15.6. The van der Waals surface area contributed by atoms with E-state index >= 15 is 0 Å². The van der Waals surface area contributed by atoms with Gasteiger partial charge in [-0.05, 0) is 40.1 Å². The molecule has 0 atom stereocenters. The molecule has 23 heavy (non-hydrogen) atoms. The van der Waals surface area contributed by atoms with Crippen molar-refractivity contribution >= 4 is 10.9 Å². The predicted molar refractivity (Wildman–Crippen MR) is 86.5 cm³/mol. The number of hydrogen-bond donors (Lipinski definition) is 0. The number of fused-ring (bicyclic) bond motifs is 1. The standard InChI is InChI=1S/C17H13N5O/c23-17-14(11-21-12-18-19-20-21)10-13-6-4-5-9-16(13)22(17)15-7-2-1-3-8-15/h1-10,12H,11H2. The van der Waals surface area contributed by atoms with E-state index in [1.807, 2.05) is 60.7 Å². The molecule has 0 saturated heterocycles. The average molecular weight is 303 g/mol. The largest absolute Gasteiger partial charge is 0.277 e.